The van der Waals surface area contributed by atoms with Gasteiger partial charge in [-0.15, -0.1) is 0 Å². The molecule has 0 unspecified atom stereocenters. The number of hydrogen-bond donors (Lipinski definition) is 5. The molecule has 3 rings (SSSR count). The topological polar surface area (TPSA) is 145 Å². The number of aromatic carboxylic acids is 1. The second-order valence-corrected chi connectivity index (χ2v) is 9.83. The Morgan fingerprint density at radius 3 is 2.40 bits per heavy atom. The summed E-state index contributed by atoms with van der Waals surface area (Å²) in [7, 11) is -3.56. The fourth-order valence-corrected chi connectivity index (χ4v) is 4.05. The number of carboxylic acids is 1. The average molecular weight is 501 g/mol. The molecule has 0 fully saturated rings. The van der Waals surface area contributed by atoms with Gasteiger partial charge in [-0.2, -0.15) is 0 Å². The number of carboxylic acid groups (broad SMARTS) is 1. The van der Waals surface area contributed by atoms with Gasteiger partial charge in [-0.25, -0.2) is 13.2 Å². The van der Waals surface area contributed by atoms with Crippen molar-refractivity contribution >= 4 is 21.7 Å². The molecule has 0 aromatic heterocycles. The Morgan fingerprint density at radius 1 is 1.06 bits per heavy atom. The lowest BCUT2D eigenvalue weighted by molar-refractivity contribution is 0.0696. The maximum atomic E-state index is 11.4. The van der Waals surface area contributed by atoms with E-state index in [9.17, 15) is 23.4 Å². The predicted octanol–water partition coefficient (Wildman–Crippen LogP) is 3.14. The van der Waals surface area contributed by atoms with Gasteiger partial charge in [-0.05, 0) is 65.6 Å². The van der Waals surface area contributed by atoms with E-state index in [2.05, 4.69) is 10.0 Å². The molecule has 3 aromatic carbocycles. The molecule has 0 amide bonds. The summed E-state index contributed by atoms with van der Waals surface area (Å²) in [6, 6.07) is 16.7. The monoisotopic (exact) mass is 500 g/mol. The molecule has 35 heavy (non-hydrogen) atoms. The Kier molecular flexibility index (Phi) is 8.34. The Balaban J connectivity index is 1.48. The number of aromatic hydroxyl groups is 1. The minimum absolute atomic E-state index is 0.00357. The number of hydrogen-bond acceptors (Lipinski definition) is 7. The summed E-state index contributed by atoms with van der Waals surface area (Å²) in [5.74, 6) is -0.515. The number of benzene rings is 3. The van der Waals surface area contributed by atoms with E-state index in [-0.39, 0.29) is 23.5 Å². The molecule has 0 saturated heterocycles. The summed E-state index contributed by atoms with van der Waals surface area (Å²) in [6.45, 7) is 2.89. The number of phenolic OH excluding ortho intramolecular Hbond substituents is 1. The van der Waals surface area contributed by atoms with Crippen LogP contribution in [-0.2, 0) is 10.0 Å². The van der Waals surface area contributed by atoms with Crippen molar-refractivity contribution in [2.45, 2.75) is 13.0 Å². The van der Waals surface area contributed by atoms with Crippen LogP contribution in [0.2, 0.25) is 0 Å². The van der Waals surface area contributed by atoms with Crippen molar-refractivity contribution in [3.8, 4) is 22.6 Å². The lowest BCUT2D eigenvalue weighted by atomic mass is 9.98. The normalized spacial score (nSPS) is 12.2. The molecule has 0 aliphatic rings. The van der Waals surface area contributed by atoms with Crippen LogP contribution in [-0.4, -0.2) is 55.7 Å². The maximum Gasteiger partial charge on any atom is 0.335 e. The number of carbonyl (C=O) groups is 1. The van der Waals surface area contributed by atoms with Crippen LogP contribution >= 0.6 is 0 Å². The first-order valence-corrected chi connectivity index (χ1v) is 12.7. The first kappa shape index (κ1) is 26.0. The van der Waals surface area contributed by atoms with Gasteiger partial charge >= 0.3 is 5.97 Å². The zero-order valence-corrected chi connectivity index (χ0v) is 20.2. The van der Waals surface area contributed by atoms with Gasteiger partial charge in [-0.1, -0.05) is 24.3 Å². The van der Waals surface area contributed by atoms with Crippen molar-refractivity contribution in [2.24, 2.45) is 0 Å². The number of phenols is 1. The van der Waals surface area contributed by atoms with Gasteiger partial charge in [0.15, 0.2) is 0 Å². The van der Waals surface area contributed by atoms with E-state index in [0.29, 0.717) is 24.5 Å². The van der Waals surface area contributed by atoms with Gasteiger partial charge in [-0.3, -0.25) is 4.72 Å². The van der Waals surface area contributed by atoms with Gasteiger partial charge < -0.3 is 25.4 Å². The fourth-order valence-electron chi connectivity index (χ4n) is 3.49. The second kappa shape index (κ2) is 11.2. The molecule has 0 aliphatic heterocycles. The molecule has 10 heteroatoms. The standard InChI is InChI=1S/C25H28N2O7S/c1-16-13-19(25(30)31)5-9-21(16)17-3-7-20(8-4-17)34-12-11-26-15-24(29)18-6-10-23(28)22(14-18)27-35(2,32)33/h3-10,13-14,24,26-29H,11-12,15H2,1-2H3,(H,30,31)/t24-/m0/s1. The summed E-state index contributed by atoms with van der Waals surface area (Å²) >= 11 is 0. The van der Waals surface area contributed by atoms with Crippen molar-refractivity contribution in [3.63, 3.8) is 0 Å². The van der Waals surface area contributed by atoms with E-state index in [1.54, 1.807) is 18.2 Å². The van der Waals surface area contributed by atoms with Crippen molar-refractivity contribution in [2.75, 3.05) is 30.7 Å². The Labute approximate surface area is 204 Å². The Morgan fingerprint density at radius 2 is 1.77 bits per heavy atom. The Bertz CT molecular complexity index is 1290. The predicted molar refractivity (Wildman–Crippen MR) is 133 cm³/mol. The van der Waals surface area contributed by atoms with Gasteiger partial charge in [0.05, 0.1) is 23.6 Å². The summed E-state index contributed by atoms with van der Waals surface area (Å²) in [5.41, 5.74) is 3.47. The van der Waals surface area contributed by atoms with E-state index in [1.165, 1.54) is 18.2 Å². The highest BCUT2D eigenvalue weighted by atomic mass is 32.2. The molecule has 0 saturated carbocycles. The van der Waals surface area contributed by atoms with Crippen LogP contribution < -0.4 is 14.8 Å². The van der Waals surface area contributed by atoms with Crippen LogP contribution in [0.5, 0.6) is 11.5 Å². The Hall–Kier alpha value is -3.60. The van der Waals surface area contributed by atoms with Crippen molar-refractivity contribution in [1.82, 2.24) is 5.32 Å². The summed E-state index contributed by atoms with van der Waals surface area (Å²) in [4.78, 5) is 11.1. The van der Waals surface area contributed by atoms with E-state index in [1.807, 2.05) is 31.2 Å². The number of aliphatic hydroxyl groups excluding tert-OH is 1. The van der Waals surface area contributed by atoms with Crippen molar-refractivity contribution < 1.29 is 33.3 Å². The SMILES string of the molecule is Cc1cc(C(=O)O)ccc1-c1ccc(OCCNC[C@H](O)c2ccc(O)c(NS(C)(=O)=O)c2)cc1. The van der Waals surface area contributed by atoms with E-state index in [4.69, 9.17) is 9.84 Å². The van der Waals surface area contributed by atoms with Crippen molar-refractivity contribution in [3.05, 3.63) is 77.4 Å². The molecule has 0 aliphatic carbocycles. The summed E-state index contributed by atoms with van der Waals surface area (Å²) in [5, 5.41) is 32.3. The highest BCUT2D eigenvalue weighted by molar-refractivity contribution is 7.92. The van der Waals surface area contributed by atoms with Crippen LogP contribution in [0, 0.1) is 6.92 Å². The number of rotatable bonds is 11. The van der Waals surface area contributed by atoms with E-state index in [0.717, 1.165) is 22.9 Å². The minimum atomic E-state index is -3.56. The second-order valence-electron chi connectivity index (χ2n) is 8.08. The van der Waals surface area contributed by atoms with Crippen LogP contribution in [0.25, 0.3) is 11.1 Å². The van der Waals surface area contributed by atoms with Gasteiger partial charge in [0, 0.05) is 13.1 Å². The average Bonchev–Trinajstić information content (AvgIpc) is 2.79. The molecule has 9 nitrogen and oxygen atoms in total. The molecular formula is C25H28N2O7S. The lowest BCUT2D eigenvalue weighted by Crippen LogP contribution is -2.26. The number of aliphatic hydroxyl groups is 1. The highest BCUT2D eigenvalue weighted by Crippen LogP contribution is 2.28. The van der Waals surface area contributed by atoms with Crippen LogP contribution in [0.3, 0.4) is 0 Å². The molecule has 1 atom stereocenters. The fraction of sp³-hybridized carbons (Fsp3) is 0.240. The third-order valence-corrected chi connectivity index (χ3v) is 5.82. The zero-order chi connectivity index (χ0) is 25.6. The minimum Gasteiger partial charge on any atom is -0.506 e. The largest absolute Gasteiger partial charge is 0.506 e. The number of anilines is 1. The van der Waals surface area contributed by atoms with Crippen LogP contribution in [0.1, 0.15) is 27.6 Å². The first-order valence-electron chi connectivity index (χ1n) is 10.8. The molecule has 0 radical (unpaired) electrons. The number of sulfonamides is 1. The van der Waals surface area contributed by atoms with Crippen molar-refractivity contribution in [1.29, 1.82) is 0 Å². The van der Waals surface area contributed by atoms with Crippen LogP contribution in [0.4, 0.5) is 5.69 Å². The zero-order valence-electron chi connectivity index (χ0n) is 19.4. The number of aryl methyl sites for hydroxylation is 1. The molecule has 0 heterocycles. The lowest BCUT2D eigenvalue weighted by Gasteiger charge is -2.15. The summed E-state index contributed by atoms with van der Waals surface area (Å²) < 4.78 is 30.7. The van der Waals surface area contributed by atoms with Gasteiger partial charge in [0.1, 0.15) is 18.1 Å². The molecular weight excluding hydrogens is 472 g/mol. The summed E-state index contributed by atoms with van der Waals surface area (Å²) in [6.07, 6.45) is 0.0650. The molecule has 0 spiro atoms. The first-order chi connectivity index (χ1) is 16.5. The molecule has 0 bridgehead atoms. The van der Waals surface area contributed by atoms with Gasteiger partial charge in [0.25, 0.3) is 0 Å². The molecule has 186 valence electrons. The van der Waals surface area contributed by atoms with Gasteiger partial charge in [0.2, 0.25) is 10.0 Å². The number of ether oxygens (including phenoxy) is 1. The quantitative estimate of drug-likeness (QED) is 0.199. The van der Waals surface area contributed by atoms with E-state index < -0.39 is 22.1 Å². The molecule has 5 N–H and O–H groups in total. The molecule has 3 aromatic rings. The number of nitrogens with one attached hydrogen (secondary N) is 2. The highest BCUT2D eigenvalue weighted by Gasteiger charge is 2.13. The maximum absolute atomic E-state index is 11.4. The third-order valence-electron chi connectivity index (χ3n) is 5.22. The van der Waals surface area contributed by atoms with Crippen LogP contribution in [0.15, 0.2) is 60.7 Å². The third kappa shape index (κ3) is 7.44. The van der Waals surface area contributed by atoms with E-state index >= 15 is 0 Å². The smallest absolute Gasteiger partial charge is 0.335 e.